The van der Waals surface area contributed by atoms with Crippen molar-refractivity contribution < 1.29 is 19.0 Å². The molecule has 1 aliphatic heterocycles. The molecular weight excluding hydrogens is 677 g/mol. The van der Waals surface area contributed by atoms with E-state index in [1.54, 1.807) is 46.7 Å². The number of nitrogens with zero attached hydrogens (tertiary/aromatic N) is 4. The maximum Gasteiger partial charge on any atom is 0.345 e. The highest BCUT2D eigenvalue weighted by Gasteiger charge is 2.33. The second-order valence-corrected chi connectivity index (χ2v) is 13.6. The van der Waals surface area contributed by atoms with E-state index in [1.165, 1.54) is 18.4 Å². The molecule has 0 bridgehead atoms. The van der Waals surface area contributed by atoms with Gasteiger partial charge in [0, 0.05) is 22.7 Å². The third-order valence-electron chi connectivity index (χ3n) is 9.63. The molecule has 0 fully saturated rings. The predicted molar refractivity (Wildman–Crippen MR) is 199 cm³/mol. The van der Waals surface area contributed by atoms with Crippen molar-refractivity contribution in [2.45, 2.75) is 18.9 Å². The van der Waals surface area contributed by atoms with Crippen LogP contribution in [0, 0.1) is 0 Å². The summed E-state index contributed by atoms with van der Waals surface area (Å²) in [6, 6.07) is 29.3. The molecule has 1 unspecified atom stereocenters. The first-order chi connectivity index (χ1) is 25.4. The van der Waals surface area contributed by atoms with Crippen LogP contribution >= 0.6 is 11.3 Å². The number of benzene rings is 4. The first-order valence-electron chi connectivity index (χ1n) is 16.7. The standard InChI is InChI=1S/C41H30N4O6S/c1-49-28-14-16-29-23(18-28)12-15-30-37(29)42-41-45(38(30)25-13-17-32(46)34(20-25)50-2)39(47)35(52-41)21-26-22-44(27-9-4-3-5-10-27)43-36(26)31-19-24-8-6-7-11-33(24)51-40(31)48/h3-11,13-14,16-22,38,46H,12,15H2,1-2H3. The number of methoxy groups -OCH3 is 2. The van der Waals surface area contributed by atoms with Gasteiger partial charge >= 0.3 is 5.63 Å². The van der Waals surface area contributed by atoms with Crippen LogP contribution in [-0.4, -0.2) is 33.7 Å². The van der Waals surface area contributed by atoms with Crippen LogP contribution in [0.5, 0.6) is 17.2 Å². The Bertz CT molecular complexity index is 2850. The van der Waals surface area contributed by atoms with E-state index >= 15 is 0 Å². The number of phenols is 1. The van der Waals surface area contributed by atoms with Crippen LogP contribution in [0.25, 0.3) is 39.7 Å². The average molecular weight is 707 g/mol. The molecule has 1 N–H and O–H groups in total. The molecule has 0 saturated heterocycles. The van der Waals surface area contributed by atoms with Gasteiger partial charge in [0.05, 0.1) is 41.7 Å². The van der Waals surface area contributed by atoms with Crippen LogP contribution in [0.1, 0.15) is 34.7 Å². The van der Waals surface area contributed by atoms with Gasteiger partial charge in [-0.2, -0.15) is 5.10 Å². The number of phenolic OH excluding ortho intramolecular Hbond substituents is 1. The van der Waals surface area contributed by atoms with Gasteiger partial charge in [0.15, 0.2) is 16.3 Å². The quantitative estimate of drug-likeness (QED) is 0.211. The molecule has 1 atom stereocenters. The van der Waals surface area contributed by atoms with E-state index in [4.69, 9.17) is 24.0 Å². The normalized spacial score (nSPS) is 15.2. The molecule has 0 radical (unpaired) electrons. The van der Waals surface area contributed by atoms with E-state index in [9.17, 15) is 14.7 Å². The lowest BCUT2D eigenvalue weighted by atomic mass is 9.83. The molecule has 52 heavy (non-hydrogen) atoms. The third kappa shape index (κ3) is 5.16. The molecule has 9 rings (SSSR count). The monoisotopic (exact) mass is 706 g/mol. The van der Waals surface area contributed by atoms with Crippen molar-refractivity contribution in [3.63, 3.8) is 0 Å². The Kier molecular flexibility index (Phi) is 7.51. The molecule has 2 aliphatic rings. The smallest absolute Gasteiger partial charge is 0.345 e. The lowest BCUT2D eigenvalue weighted by Gasteiger charge is -2.31. The van der Waals surface area contributed by atoms with Gasteiger partial charge in [-0.25, -0.2) is 14.5 Å². The highest BCUT2D eigenvalue weighted by Crippen LogP contribution is 2.43. The number of fused-ring (bicyclic) bond motifs is 4. The Balaban J connectivity index is 1.28. The molecule has 11 heteroatoms. The minimum Gasteiger partial charge on any atom is -0.504 e. The van der Waals surface area contributed by atoms with E-state index in [2.05, 4.69) is 0 Å². The molecule has 0 spiro atoms. The van der Waals surface area contributed by atoms with E-state index in [0.29, 0.717) is 38.3 Å². The second kappa shape index (κ2) is 12.4. The van der Waals surface area contributed by atoms with Gasteiger partial charge in [-0.15, -0.1) is 0 Å². The Labute approximate surface area is 300 Å². The molecule has 0 amide bonds. The van der Waals surface area contributed by atoms with Crippen LogP contribution < -0.4 is 30.0 Å². The Morgan fingerprint density at radius 1 is 0.904 bits per heavy atom. The third-order valence-corrected chi connectivity index (χ3v) is 10.6. The summed E-state index contributed by atoms with van der Waals surface area (Å²) in [5.41, 5.74) is 6.45. The summed E-state index contributed by atoms with van der Waals surface area (Å²) in [4.78, 5) is 33.7. The number of hydrogen-bond acceptors (Lipinski definition) is 9. The fourth-order valence-corrected chi connectivity index (χ4v) is 8.13. The first-order valence-corrected chi connectivity index (χ1v) is 17.5. The SMILES string of the molecule is COc1ccc2c(c1)CCC1=C2N=c2sc(=Cc3cn(-c4ccccc4)nc3-c3cc4ccccc4oc3=O)c(=O)n2C1c1ccc(O)c(OC)c1. The number of thiazole rings is 1. The summed E-state index contributed by atoms with van der Waals surface area (Å²) >= 11 is 1.27. The van der Waals surface area contributed by atoms with Gasteiger partial charge < -0.3 is 19.0 Å². The summed E-state index contributed by atoms with van der Waals surface area (Å²) in [5.74, 6) is 1.10. The number of allylic oxidation sites excluding steroid dienone is 1. The van der Waals surface area contributed by atoms with Gasteiger partial charge in [-0.3, -0.25) is 9.36 Å². The van der Waals surface area contributed by atoms with Crippen LogP contribution in [0.2, 0.25) is 0 Å². The molecule has 0 saturated carbocycles. The largest absolute Gasteiger partial charge is 0.504 e. The van der Waals surface area contributed by atoms with Crippen LogP contribution in [0.15, 0.2) is 128 Å². The maximum atomic E-state index is 14.6. The molecule has 10 nitrogen and oxygen atoms in total. The topological polar surface area (TPSA) is 121 Å². The first kappa shape index (κ1) is 31.5. The minimum atomic E-state index is -0.530. The van der Waals surface area contributed by atoms with Gasteiger partial charge in [0.25, 0.3) is 5.56 Å². The summed E-state index contributed by atoms with van der Waals surface area (Å²) < 4.78 is 20.5. The zero-order valence-corrected chi connectivity index (χ0v) is 28.9. The molecule has 4 aromatic carbocycles. The second-order valence-electron chi connectivity index (χ2n) is 12.6. The molecule has 1 aliphatic carbocycles. The van der Waals surface area contributed by atoms with Crippen LogP contribution in [0.4, 0.5) is 0 Å². The van der Waals surface area contributed by atoms with Gasteiger partial charge in [0.2, 0.25) is 0 Å². The number of aromatic hydroxyl groups is 1. The van der Waals surface area contributed by atoms with Gasteiger partial charge in [-0.05, 0) is 90.2 Å². The highest BCUT2D eigenvalue weighted by atomic mass is 32.1. The molecule has 7 aromatic rings. The number of aryl methyl sites for hydroxylation is 1. The predicted octanol–water partition coefficient (Wildman–Crippen LogP) is 6.00. The molecular formula is C41H30N4O6S. The van der Waals surface area contributed by atoms with Crippen molar-refractivity contribution in [3.05, 3.63) is 161 Å². The van der Waals surface area contributed by atoms with Crippen molar-refractivity contribution in [1.82, 2.24) is 14.3 Å². The zero-order valence-electron chi connectivity index (χ0n) is 28.1. The zero-order chi connectivity index (χ0) is 35.5. The van der Waals surface area contributed by atoms with Gasteiger partial charge in [-0.1, -0.05) is 53.8 Å². The van der Waals surface area contributed by atoms with Crippen molar-refractivity contribution in [2.75, 3.05) is 14.2 Å². The van der Waals surface area contributed by atoms with Crippen molar-refractivity contribution in [3.8, 4) is 34.2 Å². The number of aromatic nitrogens is 3. The van der Waals surface area contributed by atoms with E-state index in [0.717, 1.165) is 51.2 Å². The number of para-hydroxylation sites is 2. The Hall–Kier alpha value is -6.46. The van der Waals surface area contributed by atoms with E-state index in [-0.39, 0.29) is 16.9 Å². The van der Waals surface area contributed by atoms with Gasteiger partial charge in [0.1, 0.15) is 17.0 Å². The fourth-order valence-electron chi connectivity index (χ4n) is 7.14. The molecule has 3 aromatic heterocycles. The van der Waals surface area contributed by atoms with Crippen molar-refractivity contribution in [2.24, 2.45) is 4.99 Å². The van der Waals surface area contributed by atoms with E-state index in [1.807, 2.05) is 79.0 Å². The summed E-state index contributed by atoms with van der Waals surface area (Å²) in [6.45, 7) is 0. The van der Waals surface area contributed by atoms with Crippen LogP contribution in [-0.2, 0) is 6.42 Å². The van der Waals surface area contributed by atoms with Crippen LogP contribution in [0.3, 0.4) is 0 Å². The molecule has 256 valence electrons. The number of rotatable bonds is 6. The summed E-state index contributed by atoms with van der Waals surface area (Å²) in [7, 11) is 3.15. The van der Waals surface area contributed by atoms with Crippen molar-refractivity contribution in [1.29, 1.82) is 0 Å². The number of hydrogen-bond donors (Lipinski definition) is 1. The summed E-state index contributed by atoms with van der Waals surface area (Å²) in [6.07, 6.45) is 5.00. The maximum absolute atomic E-state index is 14.6. The lowest BCUT2D eigenvalue weighted by Crippen LogP contribution is -2.38. The minimum absolute atomic E-state index is 0.00933. The number of ether oxygens (including phenoxy) is 2. The van der Waals surface area contributed by atoms with E-state index < -0.39 is 11.7 Å². The Morgan fingerprint density at radius 2 is 1.73 bits per heavy atom. The van der Waals surface area contributed by atoms with Crippen molar-refractivity contribution >= 4 is 34.1 Å². The molecule has 4 heterocycles. The average Bonchev–Trinajstić information content (AvgIpc) is 3.73. The highest BCUT2D eigenvalue weighted by molar-refractivity contribution is 7.07. The fraction of sp³-hybridized carbons (Fsp3) is 0.122. The Morgan fingerprint density at radius 3 is 2.56 bits per heavy atom. The lowest BCUT2D eigenvalue weighted by molar-refractivity contribution is 0.372. The summed E-state index contributed by atoms with van der Waals surface area (Å²) in [5, 5.41) is 16.1.